The van der Waals surface area contributed by atoms with Crippen LogP contribution in [-0.2, 0) is 6.42 Å². The molecule has 1 fully saturated rings. The molecule has 0 bridgehead atoms. The van der Waals surface area contributed by atoms with Gasteiger partial charge in [-0.15, -0.1) is 11.3 Å². The second-order valence-corrected chi connectivity index (χ2v) is 8.42. The molecule has 2 rings (SSSR count). The third-order valence-corrected chi connectivity index (χ3v) is 5.69. The molecular weight excluding hydrogens is 342 g/mol. The molecule has 148 valence electrons. The largest absolute Gasteiger partial charge is 0.357 e. The van der Waals surface area contributed by atoms with Gasteiger partial charge in [-0.2, -0.15) is 0 Å². The highest BCUT2D eigenvalue weighted by Gasteiger charge is 2.11. The van der Waals surface area contributed by atoms with E-state index < -0.39 is 0 Å². The summed E-state index contributed by atoms with van der Waals surface area (Å²) >= 11 is 1.84. The number of thiophene rings is 1. The molecule has 6 heteroatoms. The summed E-state index contributed by atoms with van der Waals surface area (Å²) in [6.45, 7) is 13.2. The SMILES string of the molecule is CCNC(=NCC(C)Cc1cccs1)NCCCN1CCCN(C)CC1. The highest BCUT2D eigenvalue weighted by molar-refractivity contribution is 7.09. The molecule has 2 N–H and O–H groups in total. The van der Waals surface area contributed by atoms with E-state index in [4.69, 9.17) is 4.99 Å². The quantitative estimate of drug-likeness (QED) is 0.393. The fourth-order valence-electron chi connectivity index (χ4n) is 3.26. The van der Waals surface area contributed by atoms with E-state index in [1.807, 2.05) is 11.3 Å². The van der Waals surface area contributed by atoms with E-state index in [1.54, 1.807) is 0 Å². The van der Waals surface area contributed by atoms with Crippen LogP contribution in [0.25, 0.3) is 0 Å². The van der Waals surface area contributed by atoms with Crippen LogP contribution in [0, 0.1) is 5.92 Å². The number of hydrogen-bond acceptors (Lipinski definition) is 4. The molecule has 1 aromatic rings. The molecule has 1 aromatic heterocycles. The Labute approximate surface area is 163 Å². The van der Waals surface area contributed by atoms with Crippen molar-refractivity contribution in [2.75, 3.05) is 59.4 Å². The molecule has 1 aliphatic heterocycles. The van der Waals surface area contributed by atoms with Gasteiger partial charge in [-0.3, -0.25) is 4.99 Å². The Kier molecular flexibility index (Phi) is 10.0. The predicted molar refractivity (Wildman–Crippen MR) is 114 cm³/mol. The minimum atomic E-state index is 0.568. The summed E-state index contributed by atoms with van der Waals surface area (Å²) in [7, 11) is 2.23. The summed E-state index contributed by atoms with van der Waals surface area (Å²) in [5.41, 5.74) is 0. The van der Waals surface area contributed by atoms with Crippen molar-refractivity contribution < 1.29 is 0 Å². The molecule has 1 saturated heterocycles. The summed E-state index contributed by atoms with van der Waals surface area (Å²) in [5.74, 6) is 1.53. The van der Waals surface area contributed by atoms with Crippen LogP contribution in [0.15, 0.2) is 22.5 Å². The molecule has 0 aromatic carbocycles. The van der Waals surface area contributed by atoms with Crippen molar-refractivity contribution in [1.29, 1.82) is 0 Å². The minimum Gasteiger partial charge on any atom is -0.357 e. The molecule has 2 heterocycles. The maximum Gasteiger partial charge on any atom is 0.191 e. The third-order valence-electron chi connectivity index (χ3n) is 4.79. The van der Waals surface area contributed by atoms with Gasteiger partial charge < -0.3 is 20.4 Å². The smallest absolute Gasteiger partial charge is 0.191 e. The van der Waals surface area contributed by atoms with Crippen LogP contribution in [0.2, 0.25) is 0 Å². The van der Waals surface area contributed by atoms with Gasteiger partial charge in [-0.25, -0.2) is 0 Å². The van der Waals surface area contributed by atoms with Crippen LogP contribution >= 0.6 is 11.3 Å². The molecule has 1 unspecified atom stereocenters. The minimum absolute atomic E-state index is 0.568. The van der Waals surface area contributed by atoms with E-state index in [9.17, 15) is 0 Å². The Morgan fingerprint density at radius 1 is 1.27 bits per heavy atom. The Morgan fingerprint density at radius 3 is 2.92 bits per heavy atom. The summed E-state index contributed by atoms with van der Waals surface area (Å²) < 4.78 is 0. The first-order valence-electron chi connectivity index (χ1n) is 10.1. The number of nitrogens with one attached hydrogen (secondary N) is 2. The van der Waals surface area contributed by atoms with Gasteiger partial charge in [0.1, 0.15) is 0 Å². The third kappa shape index (κ3) is 8.52. The number of nitrogens with zero attached hydrogens (tertiary/aromatic N) is 3. The zero-order chi connectivity index (χ0) is 18.6. The first-order chi connectivity index (χ1) is 12.7. The van der Waals surface area contributed by atoms with Crippen LogP contribution in [-0.4, -0.2) is 75.2 Å². The Morgan fingerprint density at radius 2 is 2.15 bits per heavy atom. The Balaban J connectivity index is 1.66. The Bertz CT molecular complexity index is 502. The van der Waals surface area contributed by atoms with E-state index in [0.717, 1.165) is 32.0 Å². The van der Waals surface area contributed by atoms with Gasteiger partial charge in [0.05, 0.1) is 0 Å². The highest BCUT2D eigenvalue weighted by atomic mass is 32.1. The zero-order valence-electron chi connectivity index (χ0n) is 16.8. The van der Waals surface area contributed by atoms with E-state index in [2.05, 4.69) is 58.8 Å². The van der Waals surface area contributed by atoms with Gasteiger partial charge in [0.25, 0.3) is 0 Å². The lowest BCUT2D eigenvalue weighted by molar-refractivity contribution is 0.274. The molecule has 0 amide bonds. The molecule has 5 nitrogen and oxygen atoms in total. The summed E-state index contributed by atoms with van der Waals surface area (Å²) in [6, 6.07) is 4.35. The summed E-state index contributed by atoms with van der Waals surface area (Å²) in [6.07, 6.45) is 3.57. The monoisotopic (exact) mass is 379 g/mol. The van der Waals surface area contributed by atoms with Crippen molar-refractivity contribution in [1.82, 2.24) is 20.4 Å². The fourth-order valence-corrected chi connectivity index (χ4v) is 4.13. The van der Waals surface area contributed by atoms with E-state index in [0.29, 0.717) is 5.92 Å². The Hall–Kier alpha value is -1.11. The van der Waals surface area contributed by atoms with Crippen LogP contribution in [0.4, 0.5) is 0 Å². The van der Waals surface area contributed by atoms with Crippen LogP contribution in [0.5, 0.6) is 0 Å². The zero-order valence-corrected chi connectivity index (χ0v) is 17.7. The molecule has 0 spiro atoms. The standard InChI is InChI=1S/C20H37N5S/c1-4-21-20(23-17-18(2)16-19-8-5-15-26-19)22-9-6-11-25-12-7-10-24(3)13-14-25/h5,8,15,18H,4,6-7,9-14,16-17H2,1-3H3,(H2,21,22,23). The number of aliphatic imine (C=N–C) groups is 1. The van der Waals surface area contributed by atoms with E-state index in [-0.39, 0.29) is 0 Å². The lowest BCUT2D eigenvalue weighted by atomic mass is 10.1. The second kappa shape index (κ2) is 12.3. The van der Waals surface area contributed by atoms with Gasteiger partial charge >= 0.3 is 0 Å². The van der Waals surface area contributed by atoms with Crippen LogP contribution in [0.1, 0.15) is 31.6 Å². The number of guanidine groups is 1. The van der Waals surface area contributed by atoms with Gasteiger partial charge in [-0.05, 0) is 70.2 Å². The highest BCUT2D eigenvalue weighted by Crippen LogP contribution is 2.14. The lowest BCUT2D eigenvalue weighted by Crippen LogP contribution is -2.39. The summed E-state index contributed by atoms with van der Waals surface area (Å²) in [4.78, 5) is 11.3. The molecule has 1 aliphatic rings. The van der Waals surface area contributed by atoms with Crippen LogP contribution < -0.4 is 10.6 Å². The van der Waals surface area contributed by atoms with E-state index >= 15 is 0 Å². The number of rotatable bonds is 9. The van der Waals surface area contributed by atoms with Crippen molar-refractivity contribution >= 4 is 17.3 Å². The number of hydrogen-bond donors (Lipinski definition) is 2. The second-order valence-electron chi connectivity index (χ2n) is 7.39. The molecule has 26 heavy (non-hydrogen) atoms. The number of likely N-dealkylation sites (N-methyl/N-ethyl adjacent to an activating group) is 1. The van der Waals surface area contributed by atoms with E-state index in [1.165, 1.54) is 50.4 Å². The van der Waals surface area contributed by atoms with Gasteiger partial charge in [0.2, 0.25) is 0 Å². The molecule has 0 saturated carbocycles. The normalized spacial score (nSPS) is 18.5. The lowest BCUT2D eigenvalue weighted by Gasteiger charge is -2.20. The van der Waals surface area contributed by atoms with Crippen molar-refractivity contribution in [2.24, 2.45) is 10.9 Å². The average molecular weight is 380 g/mol. The van der Waals surface area contributed by atoms with Crippen molar-refractivity contribution in [2.45, 2.75) is 33.1 Å². The van der Waals surface area contributed by atoms with Gasteiger partial charge in [0, 0.05) is 37.6 Å². The molecule has 1 atom stereocenters. The fraction of sp³-hybridized carbons (Fsp3) is 0.750. The first-order valence-corrected chi connectivity index (χ1v) is 11.0. The maximum atomic E-state index is 4.78. The average Bonchev–Trinajstić information content (AvgIpc) is 3.04. The van der Waals surface area contributed by atoms with Gasteiger partial charge in [0.15, 0.2) is 5.96 Å². The van der Waals surface area contributed by atoms with Crippen molar-refractivity contribution in [3.05, 3.63) is 22.4 Å². The maximum absolute atomic E-state index is 4.78. The summed E-state index contributed by atoms with van der Waals surface area (Å²) in [5, 5.41) is 9.03. The topological polar surface area (TPSA) is 42.9 Å². The predicted octanol–water partition coefficient (Wildman–Crippen LogP) is 2.51. The first kappa shape index (κ1) is 21.2. The van der Waals surface area contributed by atoms with Crippen molar-refractivity contribution in [3.63, 3.8) is 0 Å². The van der Waals surface area contributed by atoms with Gasteiger partial charge in [-0.1, -0.05) is 13.0 Å². The molecular formula is C20H37N5S. The van der Waals surface area contributed by atoms with Crippen LogP contribution in [0.3, 0.4) is 0 Å². The molecule has 0 aliphatic carbocycles. The molecule has 0 radical (unpaired) electrons. The van der Waals surface area contributed by atoms with Crippen molar-refractivity contribution in [3.8, 4) is 0 Å².